The molecular weight excluding hydrogens is 276 g/mol. The van der Waals surface area contributed by atoms with E-state index in [1.165, 1.54) is 11.4 Å². The van der Waals surface area contributed by atoms with E-state index in [-0.39, 0.29) is 11.6 Å². The summed E-state index contributed by atoms with van der Waals surface area (Å²) in [6.45, 7) is 2.18. The van der Waals surface area contributed by atoms with Gasteiger partial charge >= 0.3 is 0 Å². The number of aryl methyl sites for hydroxylation is 1. The Morgan fingerprint density at radius 1 is 1.30 bits per heavy atom. The average molecular weight is 294 g/mol. The van der Waals surface area contributed by atoms with Gasteiger partial charge in [-0.1, -0.05) is 30.3 Å². The SMILES string of the molecule is Cc1[nH]nc(S(=O)(=O)N(C)Cc2ccccc2)c1CN. The molecule has 0 aliphatic carbocycles. The van der Waals surface area contributed by atoms with Crippen LogP contribution in [0, 0.1) is 6.92 Å². The number of benzene rings is 1. The third-order valence-electron chi connectivity index (χ3n) is 3.14. The lowest BCUT2D eigenvalue weighted by Gasteiger charge is -2.16. The topological polar surface area (TPSA) is 92.1 Å². The molecule has 0 spiro atoms. The normalized spacial score (nSPS) is 12.0. The van der Waals surface area contributed by atoms with Crippen molar-refractivity contribution in [1.82, 2.24) is 14.5 Å². The maximum atomic E-state index is 12.5. The first-order chi connectivity index (χ1) is 9.46. The summed E-state index contributed by atoms with van der Waals surface area (Å²) in [6, 6.07) is 9.40. The summed E-state index contributed by atoms with van der Waals surface area (Å²) in [5.41, 5.74) is 7.73. The Morgan fingerprint density at radius 2 is 1.95 bits per heavy atom. The maximum absolute atomic E-state index is 12.5. The number of nitrogens with zero attached hydrogens (tertiary/aromatic N) is 2. The van der Waals surface area contributed by atoms with Crippen molar-refractivity contribution in [3.63, 3.8) is 0 Å². The zero-order valence-electron chi connectivity index (χ0n) is 11.5. The minimum atomic E-state index is -3.65. The third-order valence-corrected chi connectivity index (χ3v) is 4.92. The molecule has 2 aromatic rings. The zero-order valence-corrected chi connectivity index (χ0v) is 12.3. The smallest absolute Gasteiger partial charge is 0.262 e. The molecule has 0 aliphatic heterocycles. The van der Waals surface area contributed by atoms with Crippen LogP contribution >= 0.6 is 0 Å². The van der Waals surface area contributed by atoms with E-state index < -0.39 is 10.0 Å². The molecule has 0 atom stereocenters. The largest absolute Gasteiger partial charge is 0.326 e. The molecule has 1 aromatic carbocycles. The van der Waals surface area contributed by atoms with Crippen molar-refractivity contribution in [1.29, 1.82) is 0 Å². The summed E-state index contributed by atoms with van der Waals surface area (Å²) < 4.78 is 26.3. The van der Waals surface area contributed by atoms with Crippen LogP contribution in [-0.2, 0) is 23.1 Å². The van der Waals surface area contributed by atoms with Gasteiger partial charge in [-0.05, 0) is 12.5 Å². The second-order valence-corrected chi connectivity index (χ2v) is 6.54. The standard InChI is InChI=1S/C13H18N4O2S/c1-10-12(8-14)13(16-15-10)20(18,19)17(2)9-11-6-4-3-5-7-11/h3-7H,8-9,14H2,1-2H3,(H,15,16). The number of H-pyrrole nitrogens is 1. The highest BCUT2D eigenvalue weighted by atomic mass is 32.2. The molecule has 0 unspecified atom stereocenters. The van der Waals surface area contributed by atoms with Gasteiger partial charge in [0, 0.05) is 31.4 Å². The van der Waals surface area contributed by atoms with E-state index in [0.717, 1.165) is 5.56 Å². The Bertz CT molecular complexity index is 680. The summed E-state index contributed by atoms with van der Waals surface area (Å²) >= 11 is 0. The lowest BCUT2D eigenvalue weighted by Crippen LogP contribution is -2.28. The maximum Gasteiger partial charge on any atom is 0.262 e. The van der Waals surface area contributed by atoms with E-state index in [4.69, 9.17) is 5.73 Å². The van der Waals surface area contributed by atoms with Crippen molar-refractivity contribution in [2.24, 2.45) is 5.73 Å². The van der Waals surface area contributed by atoms with Gasteiger partial charge in [-0.15, -0.1) is 0 Å². The fraction of sp³-hybridized carbons (Fsp3) is 0.308. The minimum Gasteiger partial charge on any atom is -0.326 e. The fourth-order valence-electron chi connectivity index (χ4n) is 1.96. The predicted octanol–water partition coefficient (Wildman–Crippen LogP) is 0.998. The van der Waals surface area contributed by atoms with Gasteiger partial charge in [0.15, 0.2) is 5.03 Å². The Hall–Kier alpha value is -1.70. The van der Waals surface area contributed by atoms with Crippen molar-refractivity contribution in [2.75, 3.05) is 7.05 Å². The van der Waals surface area contributed by atoms with E-state index in [2.05, 4.69) is 10.2 Å². The quantitative estimate of drug-likeness (QED) is 0.860. The van der Waals surface area contributed by atoms with Crippen LogP contribution in [0.2, 0.25) is 0 Å². The Labute approximate surface area is 118 Å². The van der Waals surface area contributed by atoms with Gasteiger partial charge in [0.2, 0.25) is 0 Å². The fourth-order valence-corrected chi connectivity index (χ4v) is 3.28. The zero-order chi connectivity index (χ0) is 14.8. The van der Waals surface area contributed by atoms with E-state index in [9.17, 15) is 8.42 Å². The van der Waals surface area contributed by atoms with Crippen molar-refractivity contribution >= 4 is 10.0 Å². The summed E-state index contributed by atoms with van der Waals surface area (Å²) in [7, 11) is -2.11. The first kappa shape index (κ1) is 14.7. The molecule has 1 aromatic heterocycles. The summed E-state index contributed by atoms with van der Waals surface area (Å²) in [5.74, 6) is 0. The van der Waals surface area contributed by atoms with E-state index in [1.54, 1.807) is 6.92 Å². The van der Waals surface area contributed by atoms with E-state index in [0.29, 0.717) is 17.8 Å². The Morgan fingerprint density at radius 3 is 2.55 bits per heavy atom. The molecule has 0 amide bonds. The highest BCUT2D eigenvalue weighted by Crippen LogP contribution is 2.20. The highest BCUT2D eigenvalue weighted by Gasteiger charge is 2.27. The molecule has 20 heavy (non-hydrogen) atoms. The Kier molecular flexibility index (Phi) is 4.22. The number of nitrogens with one attached hydrogen (secondary N) is 1. The first-order valence-corrected chi connectivity index (χ1v) is 7.65. The van der Waals surface area contributed by atoms with Gasteiger partial charge in [-0.2, -0.15) is 9.40 Å². The van der Waals surface area contributed by atoms with Gasteiger partial charge in [-0.25, -0.2) is 8.42 Å². The number of rotatable bonds is 5. The second-order valence-electron chi connectivity index (χ2n) is 4.58. The van der Waals surface area contributed by atoms with Crippen LogP contribution in [-0.4, -0.2) is 30.0 Å². The van der Waals surface area contributed by atoms with Crippen LogP contribution in [0.1, 0.15) is 16.8 Å². The van der Waals surface area contributed by atoms with Crippen LogP contribution < -0.4 is 5.73 Å². The third kappa shape index (κ3) is 2.74. The number of hydrogen-bond donors (Lipinski definition) is 2. The predicted molar refractivity (Wildman–Crippen MR) is 76.3 cm³/mol. The molecule has 108 valence electrons. The number of aromatic nitrogens is 2. The number of hydrogen-bond acceptors (Lipinski definition) is 4. The summed E-state index contributed by atoms with van der Waals surface area (Å²) in [4.78, 5) is 0. The van der Waals surface area contributed by atoms with Gasteiger partial charge in [-0.3, -0.25) is 5.10 Å². The van der Waals surface area contributed by atoms with Crippen LogP contribution in [0.25, 0.3) is 0 Å². The minimum absolute atomic E-state index is 0.0101. The lowest BCUT2D eigenvalue weighted by molar-refractivity contribution is 0.463. The van der Waals surface area contributed by atoms with Crippen molar-refractivity contribution < 1.29 is 8.42 Å². The molecule has 0 bridgehead atoms. The number of sulfonamides is 1. The molecule has 3 N–H and O–H groups in total. The lowest BCUT2D eigenvalue weighted by atomic mass is 10.2. The van der Waals surface area contributed by atoms with E-state index >= 15 is 0 Å². The van der Waals surface area contributed by atoms with Crippen LogP contribution in [0.5, 0.6) is 0 Å². The second kappa shape index (κ2) is 5.74. The van der Waals surface area contributed by atoms with Crippen LogP contribution in [0.15, 0.2) is 35.4 Å². The molecule has 0 saturated carbocycles. The Balaban J connectivity index is 2.30. The monoisotopic (exact) mass is 294 g/mol. The highest BCUT2D eigenvalue weighted by molar-refractivity contribution is 7.89. The molecule has 0 saturated heterocycles. The first-order valence-electron chi connectivity index (χ1n) is 6.21. The number of nitrogens with two attached hydrogens (primary N) is 1. The van der Waals surface area contributed by atoms with Crippen molar-refractivity contribution in [3.05, 3.63) is 47.2 Å². The number of aromatic amines is 1. The molecule has 2 rings (SSSR count). The van der Waals surface area contributed by atoms with Crippen LogP contribution in [0.3, 0.4) is 0 Å². The van der Waals surface area contributed by atoms with Gasteiger partial charge in [0.05, 0.1) is 0 Å². The van der Waals surface area contributed by atoms with Gasteiger partial charge < -0.3 is 5.73 Å². The van der Waals surface area contributed by atoms with Gasteiger partial charge in [0.1, 0.15) is 0 Å². The van der Waals surface area contributed by atoms with Crippen molar-refractivity contribution in [2.45, 2.75) is 25.0 Å². The molecule has 0 fully saturated rings. The summed E-state index contributed by atoms with van der Waals surface area (Å²) in [5, 5.41) is 6.57. The molecule has 0 aliphatic rings. The average Bonchev–Trinajstić information content (AvgIpc) is 2.81. The van der Waals surface area contributed by atoms with Crippen LogP contribution in [0.4, 0.5) is 0 Å². The summed E-state index contributed by atoms with van der Waals surface area (Å²) in [6.07, 6.45) is 0. The van der Waals surface area contributed by atoms with Crippen molar-refractivity contribution in [3.8, 4) is 0 Å². The van der Waals surface area contributed by atoms with E-state index in [1.807, 2.05) is 30.3 Å². The molecule has 1 heterocycles. The van der Waals surface area contributed by atoms with Gasteiger partial charge in [0.25, 0.3) is 10.0 Å². The molecular formula is C13H18N4O2S. The molecule has 6 nitrogen and oxygen atoms in total. The molecule has 7 heteroatoms. The molecule has 0 radical (unpaired) electrons.